The summed E-state index contributed by atoms with van der Waals surface area (Å²) < 4.78 is 13.9. The van der Waals surface area contributed by atoms with Gasteiger partial charge < -0.3 is 5.32 Å². The first kappa shape index (κ1) is 18.6. The summed E-state index contributed by atoms with van der Waals surface area (Å²) in [6.45, 7) is 7.70. The van der Waals surface area contributed by atoms with Crippen molar-refractivity contribution in [1.82, 2.24) is 10.8 Å². The van der Waals surface area contributed by atoms with E-state index < -0.39 is 11.7 Å². The first-order valence-electron chi connectivity index (χ1n) is 8.59. The minimum absolute atomic E-state index is 0.102. The molecular formula is C19H27FN2O2. The minimum Gasteiger partial charge on any atom is -0.313 e. The van der Waals surface area contributed by atoms with Gasteiger partial charge >= 0.3 is 0 Å². The first-order chi connectivity index (χ1) is 11.5. The molecule has 0 heterocycles. The van der Waals surface area contributed by atoms with Crippen LogP contribution in [0.15, 0.2) is 30.4 Å². The van der Waals surface area contributed by atoms with Crippen LogP contribution in [0.25, 0.3) is 0 Å². The zero-order valence-electron chi connectivity index (χ0n) is 14.3. The predicted molar refractivity (Wildman–Crippen MR) is 92.2 cm³/mol. The molecule has 0 bridgehead atoms. The van der Waals surface area contributed by atoms with Gasteiger partial charge in [-0.25, -0.2) is 9.87 Å². The third-order valence-electron chi connectivity index (χ3n) is 4.65. The van der Waals surface area contributed by atoms with Gasteiger partial charge in [0.15, 0.2) is 0 Å². The number of carbonyl (C=O) groups is 1. The zero-order chi connectivity index (χ0) is 17.5. The summed E-state index contributed by atoms with van der Waals surface area (Å²) in [5.41, 5.74) is 3.49. The predicted octanol–water partition coefficient (Wildman–Crippen LogP) is 3.81. The second kappa shape index (κ2) is 8.94. The van der Waals surface area contributed by atoms with Gasteiger partial charge in [0, 0.05) is 17.7 Å². The van der Waals surface area contributed by atoms with Crippen molar-refractivity contribution in [3.8, 4) is 0 Å². The second-order valence-corrected chi connectivity index (χ2v) is 6.93. The van der Waals surface area contributed by atoms with Crippen LogP contribution in [-0.2, 0) is 6.54 Å². The molecule has 3 N–H and O–H groups in total. The Labute approximate surface area is 143 Å². The van der Waals surface area contributed by atoms with E-state index in [-0.39, 0.29) is 5.56 Å². The van der Waals surface area contributed by atoms with Gasteiger partial charge in [0.1, 0.15) is 5.82 Å². The van der Waals surface area contributed by atoms with Crippen LogP contribution in [0.2, 0.25) is 0 Å². The van der Waals surface area contributed by atoms with Gasteiger partial charge in [-0.2, -0.15) is 0 Å². The molecule has 0 aromatic heterocycles. The Bertz CT molecular complexity index is 589. The van der Waals surface area contributed by atoms with E-state index in [1.54, 1.807) is 6.07 Å². The van der Waals surface area contributed by atoms with E-state index in [2.05, 4.69) is 18.8 Å². The molecule has 0 spiro atoms. The van der Waals surface area contributed by atoms with E-state index in [0.717, 1.165) is 37.3 Å². The molecule has 0 radical (unpaired) electrons. The van der Waals surface area contributed by atoms with Gasteiger partial charge in [0.05, 0.1) is 0 Å². The van der Waals surface area contributed by atoms with Crippen LogP contribution in [0.1, 0.15) is 54.9 Å². The number of benzene rings is 1. The number of allylic oxidation sites excluding steroid dienone is 1. The molecule has 1 aliphatic rings. The highest BCUT2D eigenvalue weighted by Crippen LogP contribution is 2.34. The third kappa shape index (κ3) is 5.42. The van der Waals surface area contributed by atoms with E-state index >= 15 is 0 Å². The molecule has 5 heteroatoms. The number of nitrogens with one attached hydrogen (secondary N) is 2. The summed E-state index contributed by atoms with van der Waals surface area (Å²) in [6, 6.07) is 4.21. The van der Waals surface area contributed by atoms with Crippen molar-refractivity contribution in [3.05, 3.63) is 47.3 Å². The lowest BCUT2D eigenvalue weighted by Gasteiger charge is -2.28. The highest BCUT2D eigenvalue weighted by Gasteiger charge is 2.20. The van der Waals surface area contributed by atoms with E-state index in [1.165, 1.54) is 36.4 Å². The van der Waals surface area contributed by atoms with E-state index in [0.29, 0.717) is 12.1 Å². The lowest BCUT2D eigenvalue weighted by atomic mass is 9.78. The highest BCUT2D eigenvalue weighted by atomic mass is 19.1. The van der Waals surface area contributed by atoms with Gasteiger partial charge in [-0.1, -0.05) is 25.1 Å². The number of hydrogen-bond acceptors (Lipinski definition) is 3. The van der Waals surface area contributed by atoms with Crippen molar-refractivity contribution in [2.24, 2.45) is 11.8 Å². The second-order valence-electron chi connectivity index (χ2n) is 6.93. The topological polar surface area (TPSA) is 61.4 Å². The lowest BCUT2D eigenvalue weighted by molar-refractivity contribution is 0.0706. The summed E-state index contributed by atoms with van der Waals surface area (Å²) in [5.74, 6) is 0.321. The first-order valence-corrected chi connectivity index (χ1v) is 8.59. The number of hydrogen-bond donors (Lipinski definition) is 3. The quantitative estimate of drug-likeness (QED) is 0.307. The molecule has 0 aliphatic heterocycles. The minimum atomic E-state index is -0.711. The molecule has 1 aromatic rings. The highest BCUT2D eigenvalue weighted by molar-refractivity contribution is 5.93. The summed E-state index contributed by atoms with van der Waals surface area (Å²) in [6.07, 6.45) is 5.83. The SMILES string of the molecule is C=C1CC(C)CC(CCCNCc2ccc(C(=O)NO)cc2F)C1. The molecule has 1 aromatic carbocycles. The Morgan fingerprint density at radius 1 is 1.42 bits per heavy atom. The molecule has 1 fully saturated rings. The van der Waals surface area contributed by atoms with Crippen molar-refractivity contribution < 1.29 is 14.4 Å². The van der Waals surface area contributed by atoms with Crippen LogP contribution in [0, 0.1) is 17.7 Å². The van der Waals surface area contributed by atoms with E-state index in [1.807, 2.05) is 0 Å². The molecule has 2 unspecified atom stereocenters. The summed E-state index contributed by atoms with van der Waals surface area (Å²) in [7, 11) is 0. The monoisotopic (exact) mass is 334 g/mol. The zero-order valence-corrected chi connectivity index (χ0v) is 14.3. The summed E-state index contributed by atoms with van der Waals surface area (Å²) >= 11 is 0. The number of amides is 1. The molecule has 1 amide bonds. The van der Waals surface area contributed by atoms with Gasteiger partial charge in [0.2, 0.25) is 0 Å². The number of carbonyl (C=O) groups excluding carboxylic acids is 1. The molecule has 1 saturated carbocycles. The fourth-order valence-electron chi connectivity index (χ4n) is 3.58. The third-order valence-corrected chi connectivity index (χ3v) is 4.65. The summed E-state index contributed by atoms with van der Waals surface area (Å²) in [5, 5.41) is 11.8. The fraction of sp³-hybridized carbons (Fsp3) is 0.526. The van der Waals surface area contributed by atoms with Crippen molar-refractivity contribution in [2.75, 3.05) is 6.54 Å². The summed E-state index contributed by atoms with van der Waals surface area (Å²) in [4.78, 5) is 11.2. The molecule has 4 nitrogen and oxygen atoms in total. The number of halogens is 1. The number of hydroxylamine groups is 1. The number of rotatable bonds is 7. The van der Waals surface area contributed by atoms with Crippen molar-refractivity contribution in [3.63, 3.8) is 0 Å². The smallest absolute Gasteiger partial charge is 0.274 e. The van der Waals surface area contributed by atoms with Gasteiger partial charge in [-0.15, -0.1) is 0 Å². The average molecular weight is 334 g/mol. The molecule has 2 rings (SSSR count). The van der Waals surface area contributed by atoms with Crippen LogP contribution in [-0.4, -0.2) is 17.7 Å². The van der Waals surface area contributed by atoms with Crippen molar-refractivity contribution >= 4 is 5.91 Å². The van der Waals surface area contributed by atoms with Gasteiger partial charge in [-0.05, 0) is 62.6 Å². The largest absolute Gasteiger partial charge is 0.313 e. The molecular weight excluding hydrogens is 307 g/mol. The van der Waals surface area contributed by atoms with Crippen molar-refractivity contribution in [1.29, 1.82) is 0 Å². The average Bonchev–Trinajstić information content (AvgIpc) is 2.54. The Balaban J connectivity index is 1.71. The maximum absolute atomic E-state index is 13.9. The van der Waals surface area contributed by atoms with Crippen LogP contribution in [0.4, 0.5) is 4.39 Å². The van der Waals surface area contributed by atoms with Crippen LogP contribution in [0.3, 0.4) is 0 Å². The van der Waals surface area contributed by atoms with Gasteiger partial charge in [-0.3, -0.25) is 10.0 Å². The standard InChI is InChI=1S/C19H27FN2O2/c1-13-8-14(2)10-15(9-13)4-3-7-21-12-17-6-5-16(11-18(17)20)19(23)22-24/h5-6,11,14-15,21,24H,1,3-4,7-10,12H2,2H3,(H,22,23). The van der Waals surface area contributed by atoms with Crippen LogP contribution < -0.4 is 10.8 Å². The fourth-order valence-corrected chi connectivity index (χ4v) is 3.58. The Morgan fingerprint density at radius 2 is 2.21 bits per heavy atom. The molecule has 2 atom stereocenters. The lowest BCUT2D eigenvalue weighted by Crippen LogP contribution is -2.20. The molecule has 24 heavy (non-hydrogen) atoms. The molecule has 0 saturated heterocycles. The Kier molecular flexibility index (Phi) is 6.94. The van der Waals surface area contributed by atoms with Crippen molar-refractivity contribution in [2.45, 2.75) is 45.6 Å². The van der Waals surface area contributed by atoms with Gasteiger partial charge in [0.25, 0.3) is 5.91 Å². The molecule has 1 aliphatic carbocycles. The Hall–Kier alpha value is -1.72. The Morgan fingerprint density at radius 3 is 2.88 bits per heavy atom. The normalized spacial score (nSPS) is 20.9. The molecule has 132 valence electrons. The maximum atomic E-state index is 13.9. The van der Waals surface area contributed by atoms with Crippen LogP contribution in [0.5, 0.6) is 0 Å². The van der Waals surface area contributed by atoms with E-state index in [9.17, 15) is 9.18 Å². The van der Waals surface area contributed by atoms with E-state index in [4.69, 9.17) is 5.21 Å². The maximum Gasteiger partial charge on any atom is 0.274 e. The van der Waals surface area contributed by atoms with Crippen LogP contribution >= 0.6 is 0 Å².